The first kappa shape index (κ1) is 16.7. The Bertz CT molecular complexity index is 454. The van der Waals surface area contributed by atoms with Gasteiger partial charge in [-0.3, -0.25) is 0 Å². The first-order valence-corrected chi connectivity index (χ1v) is 8.07. The molecule has 0 unspecified atom stereocenters. The largest absolute Gasteiger partial charge is 0.122 e. The van der Waals surface area contributed by atoms with Gasteiger partial charge in [0.05, 0.1) is 0 Å². The minimum Gasteiger partial charge on any atom is -0.122 e. The van der Waals surface area contributed by atoms with Gasteiger partial charge in [0, 0.05) is 11.2 Å². The minimum atomic E-state index is 0.578. The molecule has 0 saturated heterocycles. The van der Waals surface area contributed by atoms with Gasteiger partial charge >= 0.3 is 0 Å². The summed E-state index contributed by atoms with van der Waals surface area (Å²) in [5.74, 6) is 0.578. The second-order valence-corrected chi connectivity index (χ2v) is 4.89. The van der Waals surface area contributed by atoms with Gasteiger partial charge in [-0.15, -0.1) is 11.6 Å². The van der Waals surface area contributed by atoms with E-state index in [4.69, 9.17) is 11.6 Å². The summed E-state index contributed by atoms with van der Waals surface area (Å²) in [5.41, 5.74) is 2.45. The van der Waals surface area contributed by atoms with Crippen molar-refractivity contribution in [1.29, 1.82) is 0 Å². The molecule has 2 heteroatoms. The molecule has 0 aliphatic rings. The third-order valence-electron chi connectivity index (χ3n) is 2.40. The summed E-state index contributed by atoms with van der Waals surface area (Å²) >= 11 is 8.78. The third-order valence-corrected chi connectivity index (χ3v) is 2.95. The maximum Gasteiger partial charge on any atom is 0.0407 e. The Labute approximate surface area is 134 Å². The number of hydrogen-bond acceptors (Lipinski definition) is 0. The van der Waals surface area contributed by atoms with Crippen LogP contribution in [0.1, 0.15) is 11.1 Å². The second-order valence-electron chi connectivity index (χ2n) is 3.93. The van der Waals surface area contributed by atoms with Gasteiger partial charge in [-0.05, 0) is 11.1 Å². The van der Waals surface area contributed by atoms with E-state index in [2.05, 4.69) is 40.2 Å². The van der Waals surface area contributed by atoms with E-state index in [0.29, 0.717) is 5.88 Å². The minimum absolute atomic E-state index is 0.578. The molecule has 0 aromatic heterocycles. The molecule has 0 aliphatic heterocycles. The lowest BCUT2D eigenvalue weighted by Gasteiger charge is -1.88. The molecule has 0 atom stereocenters. The summed E-state index contributed by atoms with van der Waals surface area (Å²) in [6.07, 6.45) is 8.11. The van der Waals surface area contributed by atoms with E-state index in [1.807, 2.05) is 60.7 Å². The Morgan fingerprint density at radius 1 is 0.750 bits per heavy atom. The van der Waals surface area contributed by atoms with Crippen molar-refractivity contribution in [1.82, 2.24) is 0 Å². The molecular weight excluding hydrogens is 332 g/mol. The summed E-state index contributed by atoms with van der Waals surface area (Å²) in [6, 6.07) is 20.4. The molecule has 0 saturated carbocycles. The van der Waals surface area contributed by atoms with E-state index in [-0.39, 0.29) is 0 Å². The van der Waals surface area contributed by atoms with Gasteiger partial charge in [0.15, 0.2) is 0 Å². The van der Waals surface area contributed by atoms with Gasteiger partial charge in [-0.2, -0.15) is 0 Å². The van der Waals surface area contributed by atoms with Gasteiger partial charge in [0.1, 0.15) is 0 Å². The fourth-order valence-electron chi connectivity index (χ4n) is 1.49. The van der Waals surface area contributed by atoms with Crippen molar-refractivity contribution in [2.45, 2.75) is 0 Å². The average molecular weight is 350 g/mol. The fourth-order valence-corrected chi connectivity index (χ4v) is 1.77. The maximum absolute atomic E-state index is 5.46. The van der Waals surface area contributed by atoms with Crippen molar-refractivity contribution in [2.24, 2.45) is 0 Å². The predicted octanol–water partition coefficient (Wildman–Crippen LogP) is 6.03. The molecule has 2 rings (SSSR count). The van der Waals surface area contributed by atoms with Crippen molar-refractivity contribution in [3.8, 4) is 0 Å². The standard InChI is InChI=1S/C9H9Br.C9H9Cl/c2*10-8-4-7-9-5-2-1-3-6-9/h2*1-7H,8H2. The van der Waals surface area contributed by atoms with E-state index in [1.165, 1.54) is 11.1 Å². The number of alkyl halides is 2. The first-order chi connectivity index (χ1) is 9.86. The smallest absolute Gasteiger partial charge is 0.0407 e. The molecule has 2 aromatic rings. The summed E-state index contributed by atoms with van der Waals surface area (Å²) < 4.78 is 0. The summed E-state index contributed by atoms with van der Waals surface area (Å²) in [5, 5.41) is 0.919. The Morgan fingerprint density at radius 2 is 1.20 bits per heavy atom. The number of rotatable bonds is 4. The molecule has 0 fully saturated rings. The van der Waals surface area contributed by atoms with Crippen molar-refractivity contribution in [3.05, 3.63) is 83.9 Å². The molecule has 0 bridgehead atoms. The predicted molar refractivity (Wildman–Crippen MR) is 95.5 cm³/mol. The topological polar surface area (TPSA) is 0 Å². The number of benzene rings is 2. The van der Waals surface area contributed by atoms with E-state index >= 15 is 0 Å². The summed E-state index contributed by atoms with van der Waals surface area (Å²) in [6.45, 7) is 0. The lowest BCUT2D eigenvalue weighted by molar-refractivity contribution is 1.65. The number of allylic oxidation sites excluding steroid dienone is 2. The molecule has 0 amide bonds. The molecule has 104 valence electrons. The monoisotopic (exact) mass is 348 g/mol. The quantitative estimate of drug-likeness (QED) is 0.591. The fraction of sp³-hybridized carbons (Fsp3) is 0.111. The van der Waals surface area contributed by atoms with Crippen LogP contribution in [0.15, 0.2) is 72.8 Å². The Hall–Kier alpha value is -1.31. The molecule has 20 heavy (non-hydrogen) atoms. The van der Waals surface area contributed by atoms with Crippen LogP contribution in [0, 0.1) is 0 Å². The Balaban J connectivity index is 0.000000200. The Kier molecular flexibility index (Phi) is 9.64. The zero-order chi connectivity index (χ0) is 14.5. The van der Waals surface area contributed by atoms with Gasteiger partial charge in [-0.1, -0.05) is 101 Å². The Morgan fingerprint density at radius 3 is 1.60 bits per heavy atom. The van der Waals surface area contributed by atoms with Gasteiger partial charge < -0.3 is 0 Å². The molecule has 0 nitrogen and oxygen atoms in total. The van der Waals surface area contributed by atoms with Crippen molar-refractivity contribution >= 4 is 39.7 Å². The highest BCUT2D eigenvalue weighted by molar-refractivity contribution is 9.09. The maximum atomic E-state index is 5.46. The summed E-state index contributed by atoms with van der Waals surface area (Å²) in [7, 11) is 0. The van der Waals surface area contributed by atoms with Crippen LogP contribution >= 0.6 is 27.5 Å². The molecule has 0 aliphatic carbocycles. The van der Waals surface area contributed by atoms with E-state index < -0.39 is 0 Å². The van der Waals surface area contributed by atoms with Crippen LogP contribution in [0.4, 0.5) is 0 Å². The highest BCUT2D eigenvalue weighted by Gasteiger charge is 1.80. The van der Waals surface area contributed by atoms with Crippen LogP contribution < -0.4 is 0 Å². The average Bonchev–Trinajstić information content (AvgIpc) is 2.53. The van der Waals surface area contributed by atoms with Crippen molar-refractivity contribution in [3.63, 3.8) is 0 Å². The molecule has 0 spiro atoms. The highest BCUT2D eigenvalue weighted by atomic mass is 79.9. The van der Waals surface area contributed by atoms with Crippen LogP contribution in [-0.2, 0) is 0 Å². The van der Waals surface area contributed by atoms with Gasteiger partial charge in [-0.25, -0.2) is 0 Å². The van der Waals surface area contributed by atoms with Gasteiger partial charge in [0.2, 0.25) is 0 Å². The van der Waals surface area contributed by atoms with Crippen LogP contribution in [0.3, 0.4) is 0 Å². The van der Waals surface area contributed by atoms with Crippen molar-refractivity contribution in [2.75, 3.05) is 11.2 Å². The SMILES string of the molecule is BrCC=Cc1ccccc1.ClCC=Cc1ccccc1. The number of halogens is 2. The summed E-state index contributed by atoms with van der Waals surface area (Å²) in [4.78, 5) is 0. The zero-order valence-electron chi connectivity index (χ0n) is 11.3. The normalized spacial score (nSPS) is 10.5. The van der Waals surface area contributed by atoms with Crippen LogP contribution in [0.2, 0.25) is 0 Å². The zero-order valence-corrected chi connectivity index (χ0v) is 13.6. The highest BCUT2D eigenvalue weighted by Crippen LogP contribution is 2.01. The lowest BCUT2D eigenvalue weighted by Crippen LogP contribution is -1.67. The molecular formula is C18H18BrCl. The molecule has 2 aromatic carbocycles. The van der Waals surface area contributed by atoms with E-state index in [0.717, 1.165) is 5.33 Å². The molecule has 0 N–H and O–H groups in total. The first-order valence-electron chi connectivity index (χ1n) is 6.42. The second kappa shape index (κ2) is 11.5. The molecule has 0 heterocycles. The third kappa shape index (κ3) is 7.98. The van der Waals surface area contributed by atoms with Crippen molar-refractivity contribution < 1.29 is 0 Å². The van der Waals surface area contributed by atoms with E-state index in [1.54, 1.807) is 0 Å². The van der Waals surface area contributed by atoms with Crippen LogP contribution in [-0.4, -0.2) is 11.2 Å². The van der Waals surface area contributed by atoms with Crippen LogP contribution in [0.25, 0.3) is 12.2 Å². The van der Waals surface area contributed by atoms with E-state index in [9.17, 15) is 0 Å². The molecule has 0 radical (unpaired) electrons. The number of hydrogen-bond donors (Lipinski definition) is 0. The van der Waals surface area contributed by atoms with Gasteiger partial charge in [0.25, 0.3) is 0 Å². The van der Waals surface area contributed by atoms with Crippen LogP contribution in [0.5, 0.6) is 0 Å². The lowest BCUT2D eigenvalue weighted by atomic mass is 10.2.